The van der Waals surface area contributed by atoms with Gasteiger partial charge < -0.3 is 20.6 Å². The van der Waals surface area contributed by atoms with Crippen molar-refractivity contribution in [2.24, 2.45) is 5.92 Å². The van der Waals surface area contributed by atoms with Gasteiger partial charge in [-0.3, -0.25) is 0 Å². The second kappa shape index (κ2) is 11.0. The molecule has 0 aliphatic carbocycles. The van der Waals surface area contributed by atoms with E-state index in [9.17, 15) is 9.90 Å². The summed E-state index contributed by atoms with van der Waals surface area (Å²) in [4.78, 5) is 14.6. The normalized spacial score (nSPS) is 16.3. The summed E-state index contributed by atoms with van der Waals surface area (Å²) in [6.45, 7) is 5.69. The van der Waals surface area contributed by atoms with Gasteiger partial charge in [0.2, 0.25) is 0 Å². The Hall–Kier alpha value is -2.37. The van der Waals surface area contributed by atoms with Crippen molar-refractivity contribution in [3.63, 3.8) is 0 Å². The standard InChI is InChI=1S/C24H33N3O2/c1-19(28)22-9-5-10-23(18-22)26-24(29)25-13-6-14-27-15-11-21(12-16-27)17-20-7-3-2-4-8-20/h2-5,7-10,18-19,21,28H,6,11-17H2,1H3,(H2,25,26,29). The van der Waals surface area contributed by atoms with E-state index in [2.05, 4.69) is 45.9 Å². The molecule has 0 bridgehead atoms. The molecule has 2 aromatic rings. The first-order chi connectivity index (χ1) is 14.1. The van der Waals surface area contributed by atoms with Crippen molar-refractivity contribution >= 4 is 11.7 Å². The zero-order chi connectivity index (χ0) is 20.5. The molecular formula is C24H33N3O2. The quantitative estimate of drug-likeness (QED) is 0.587. The van der Waals surface area contributed by atoms with Crippen LogP contribution in [-0.2, 0) is 6.42 Å². The van der Waals surface area contributed by atoms with E-state index < -0.39 is 6.10 Å². The van der Waals surface area contributed by atoms with Crippen LogP contribution in [0.15, 0.2) is 54.6 Å². The topological polar surface area (TPSA) is 64.6 Å². The van der Waals surface area contributed by atoms with Crippen LogP contribution in [-0.4, -0.2) is 42.2 Å². The number of aliphatic hydroxyl groups excluding tert-OH is 1. The molecule has 0 aromatic heterocycles. The summed E-state index contributed by atoms with van der Waals surface area (Å²) in [5, 5.41) is 15.4. The summed E-state index contributed by atoms with van der Waals surface area (Å²) in [5.74, 6) is 0.787. The maximum atomic E-state index is 12.1. The van der Waals surface area contributed by atoms with E-state index in [4.69, 9.17) is 0 Å². The molecule has 1 heterocycles. The molecule has 2 aromatic carbocycles. The van der Waals surface area contributed by atoms with Gasteiger partial charge in [-0.1, -0.05) is 42.5 Å². The molecule has 0 saturated carbocycles. The number of nitrogens with one attached hydrogen (secondary N) is 2. The van der Waals surface area contributed by atoms with Gasteiger partial charge >= 0.3 is 6.03 Å². The number of nitrogens with zero attached hydrogens (tertiary/aromatic N) is 1. The van der Waals surface area contributed by atoms with E-state index in [0.29, 0.717) is 12.2 Å². The van der Waals surface area contributed by atoms with Crippen molar-refractivity contribution in [2.45, 2.75) is 38.7 Å². The van der Waals surface area contributed by atoms with Crippen LogP contribution in [0.5, 0.6) is 0 Å². The average molecular weight is 396 g/mol. The highest BCUT2D eigenvalue weighted by molar-refractivity contribution is 5.89. The van der Waals surface area contributed by atoms with Gasteiger partial charge in [-0.25, -0.2) is 4.79 Å². The van der Waals surface area contributed by atoms with Crippen LogP contribution in [0.1, 0.15) is 43.4 Å². The van der Waals surface area contributed by atoms with Gasteiger partial charge in [0.25, 0.3) is 0 Å². The minimum atomic E-state index is -0.545. The van der Waals surface area contributed by atoms with Crippen molar-refractivity contribution in [3.8, 4) is 0 Å². The number of hydrogen-bond donors (Lipinski definition) is 3. The summed E-state index contributed by atoms with van der Waals surface area (Å²) in [7, 11) is 0. The number of rotatable bonds is 8. The smallest absolute Gasteiger partial charge is 0.319 e. The van der Waals surface area contributed by atoms with E-state index >= 15 is 0 Å². The maximum absolute atomic E-state index is 12.1. The number of amides is 2. The molecule has 1 fully saturated rings. The molecule has 5 heteroatoms. The highest BCUT2D eigenvalue weighted by Crippen LogP contribution is 2.21. The number of benzene rings is 2. The second-order valence-electron chi connectivity index (χ2n) is 8.01. The van der Waals surface area contributed by atoms with Gasteiger partial charge in [-0.05, 0) is 81.4 Å². The molecule has 1 aliphatic rings. The molecule has 156 valence electrons. The van der Waals surface area contributed by atoms with E-state index in [0.717, 1.165) is 37.5 Å². The summed E-state index contributed by atoms with van der Waals surface area (Å²) in [5.41, 5.74) is 2.93. The summed E-state index contributed by atoms with van der Waals surface area (Å²) < 4.78 is 0. The SMILES string of the molecule is CC(O)c1cccc(NC(=O)NCCCN2CCC(Cc3ccccc3)CC2)c1. The number of aliphatic hydroxyl groups is 1. The second-order valence-corrected chi connectivity index (χ2v) is 8.01. The Bertz CT molecular complexity index is 756. The number of hydrogen-bond acceptors (Lipinski definition) is 3. The molecule has 1 unspecified atom stereocenters. The van der Waals surface area contributed by atoms with E-state index in [-0.39, 0.29) is 6.03 Å². The Morgan fingerprint density at radius 1 is 1.14 bits per heavy atom. The summed E-state index contributed by atoms with van der Waals surface area (Å²) >= 11 is 0. The third-order valence-electron chi connectivity index (χ3n) is 5.64. The Morgan fingerprint density at radius 2 is 1.90 bits per heavy atom. The first-order valence-electron chi connectivity index (χ1n) is 10.7. The molecule has 1 aliphatic heterocycles. The van der Waals surface area contributed by atoms with Gasteiger partial charge in [-0.15, -0.1) is 0 Å². The lowest BCUT2D eigenvalue weighted by atomic mass is 9.90. The van der Waals surface area contributed by atoms with Crippen LogP contribution in [0.3, 0.4) is 0 Å². The molecule has 1 atom stereocenters. The third-order valence-corrected chi connectivity index (χ3v) is 5.64. The monoisotopic (exact) mass is 395 g/mol. The lowest BCUT2D eigenvalue weighted by Crippen LogP contribution is -2.37. The van der Waals surface area contributed by atoms with E-state index in [1.807, 2.05) is 18.2 Å². The van der Waals surface area contributed by atoms with Gasteiger partial charge in [0.1, 0.15) is 0 Å². The number of carbonyl (C=O) groups is 1. The van der Waals surface area contributed by atoms with Crippen molar-refractivity contribution in [1.82, 2.24) is 10.2 Å². The molecular weight excluding hydrogens is 362 g/mol. The molecule has 3 N–H and O–H groups in total. The van der Waals surface area contributed by atoms with Gasteiger partial charge in [-0.2, -0.15) is 0 Å². The zero-order valence-corrected chi connectivity index (χ0v) is 17.3. The first kappa shape index (κ1) is 21.3. The first-order valence-corrected chi connectivity index (χ1v) is 10.7. The molecule has 5 nitrogen and oxygen atoms in total. The number of urea groups is 1. The molecule has 3 rings (SSSR count). The Balaban J connectivity index is 1.29. The number of carbonyl (C=O) groups excluding carboxylic acids is 1. The minimum absolute atomic E-state index is 0.200. The van der Waals surface area contributed by atoms with E-state index in [1.165, 1.54) is 24.8 Å². The lowest BCUT2D eigenvalue weighted by molar-refractivity contribution is 0.182. The molecule has 1 saturated heterocycles. The van der Waals surface area contributed by atoms with Crippen molar-refractivity contribution in [1.29, 1.82) is 0 Å². The van der Waals surface area contributed by atoms with Crippen molar-refractivity contribution in [2.75, 3.05) is 31.5 Å². The van der Waals surface area contributed by atoms with Gasteiger partial charge in [0, 0.05) is 12.2 Å². The molecule has 2 amide bonds. The minimum Gasteiger partial charge on any atom is -0.389 e. The van der Waals surface area contributed by atoms with Crippen molar-refractivity contribution < 1.29 is 9.90 Å². The highest BCUT2D eigenvalue weighted by atomic mass is 16.3. The Morgan fingerprint density at radius 3 is 2.62 bits per heavy atom. The van der Waals surface area contributed by atoms with Crippen LogP contribution in [0.2, 0.25) is 0 Å². The Labute approximate surface area is 174 Å². The van der Waals surface area contributed by atoms with Crippen LogP contribution >= 0.6 is 0 Å². The van der Waals surface area contributed by atoms with Crippen LogP contribution in [0.4, 0.5) is 10.5 Å². The fraction of sp³-hybridized carbons (Fsp3) is 0.458. The van der Waals surface area contributed by atoms with Gasteiger partial charge in [0.15, 0.2) is 0 Å². The molecule has 0 radical (unpaired) electrons. The summed E-state index contributed by atoms with van der Waals surface area (Å²) in [6, 6.07) is 17.9. The van der Waals surface area contributed by atoms with Crippen molar-refractivity contribution in [3.05, 3.63) is 65.7 Å². The number of anilines is 1. The van der Waals surface area contributed by atoms with Crippen LogP contribution < -0.4 is 10.6 Å². The largest absolute Gasteiger partial charge is 0.389 e. The number of piperidine rings is 1. The lowest BCUT2D eigenvalue weighted by Gasteiger charge is -2.32. The predicted octanol–water partition coefficient (Wildman–Crippen LogP) is 4.21. The predicted molar refractivity (Wildman–Crippen MR) is 118 cm³/mol. The fourth-order valence-electron chi connectivity index (χ4n) is 3.92. The zero-order valence-electron chi connectivity index (χ0n) is 17.3. The van der Waals surface area contributed by atoms with Crippen LogP contribution in [0, 0.1) is 5.92 Å². The van der Waals surface area contributed by atoms with Crippen LogP contribution in [0.25, 0.3) is 0 Å². The van der Waals surface area contributed by atoms with E-state index in [1.54, 1.807) is 13.0 Å². The average Bonchev–Trinajstić information content (AvgIpc) is 2.73. The molecule has 0 spiro atoms. The molecule has 29 heavy (non-hydrogen) atoms. The number of likely N-dealkylation sites (tertiary alicyclic amines) is 1. The fourth-order valence-corrected chi connectivity index (χ4v) is 3.92. The summed E-state index contributed by atoms with van der Waals surface area (Å²) in [6.07, 6.45) is 4.10. The third kappa shape index (κ3) is 7.18. The van der Waals surface area contributed by atoms with Gasteiger partial charge in [0.05, 0.1) is 6.10 Å². The Kier molecular flexibility index (Phi) is 8.08. The highest BCUT2D eigenvalue weighted by Gasteiger charge is 2.19. The maximum Gasteiger partial charge on any atom is 0.319 e.